The molecule has 2 aliphatic heterocycles. The Labute approximate surface area is 193 Å². The van der Waals surface area contributed by atoms with Gasteiger partial charge in [0.1, 0.15) is 23.3 Å². The Kier molecular flexibility index (Phi) is 5.83. The Hall–Kier alpha value is -2.76. The van der Waals surface area contributed by atoms with Crippen LogP contribution in [0.15, 0.2) is 16.5 Å². The number of fused-ring (bicyclic) bond motifs is 1. The molecule has 12 heteroatoms. The van der Waals surface area contributed by atoms with E-state index in [1.54, 1.807) is 20.8 Å². The molecular weight excluding hydrogens is 446 g/mol. The topological polar surface area (TPSA) is 123 Å². The maximum Gasteiger partial charge on any atom is 0.410 e. The summed E-state index contributed by atoms with van der Waals surface area (Å²) in [4.78, 5) is 27.0. The number of hydrogen-bond donors (Lipinski definition) is 0. The van der Waals surface area contributed by atoms with Crippen molar-refractivity contribution in [2.45, 2.75) is 68.9 Å². The van der Waals surface area contributed by atoms with Gasteiger partial charge in [0.15, 0.2) is 10.7 Å². The van der Waals surface area contributed by atoms with Gasteiger partial charge < -0.3 is 14.2 Å². The number of carbonyl (C=O) groups is 1. The highest BCUT2D eigenvalue weighted by Crippen LogP contribution is 2.32. The number of likely N-dealkylation sites (tertiary alicyclic amines) is 1. The van der Waals surface area contributed by atoms with Crippen LogP contribution >= 0.6 is 0 Å². The second kappa shape index (κ2) is 8.23. The molecule has 1 fully saturated rings. The molecule has 4 heterocycles. The highest BCUT2D eigenvalue weighted by molar-refractivity contribution is 7.92. The molecule has 180 valence electrons. The van der Waals surface area contributed by atoms with E-state index in [2.05, 4.69) is 27.0 Å². The molecule has 1 amide bonds. The zero-order valence-corrected chi connectivity index (χ0v) is 20.7. The van der Waals surface area contributed by atoms with Crippen LogP contribution in [0.25, 0.3) is 11.2 Å². The summed E-state index contributed by atoms with van der Waals surface area (Å²) in [6.45, 7) is 10.6. The Morgan fingerprint density at radius 2 is 2.00 bits per heavy atom. The maximum absolute atomic E-state index is 13.6. The lowest BCUT2D eigenvalue weighted by Gasteiger charge is -2.24. The third-order valence-electron chi connectivity index (χ3n) is 6.15. The van der Waals surface area contributed by atoms with Crippen molar-refractivity contribution in [1.82, 2.24) is 29.4 Å². The monoisotopic (exact) mass is 477 g/mol. The number of aromatic nitrogens is 4. The summed E-state index contributed by atoms with van der Waals surface area (Å²) in [5.74, 6) is 0.602. The molecule has 0 bridgehead atoms. The van der Waals surface area contributed by atoms with Gasteiger partial charge in [-0.25, -0.2) is 28.2 Å². The summed E-state index contributed by atoms with van der Waals surface area (Å²) in [6, 6.07) is 0.0933. The van der Waals surface area contributed by atoms with Gasteiger partial charge in [-0.3, -0.25) is 5.01 Å². The van der Waals surface area contributed by atoms with Gasteiger partial charge in [0.05, 0.1) is 17.2 Å². The maximum atomic E-state index is 13.6. The predicted octanol–water partition coefficient (Wildman–Crippen LogP) is 1.94. The van der Waals surface area contributed by atoms with Gasteiger partial charge in [0.25, 0.3) is 0 Å². The Morgan fingerprint density at radius 3 is 2.64 bits per heavy atom. The smallest absolute Gasteiger partial charge is 0.410 e. The average Bonchev–Trinajstić information content (AvgIpc) is 3.44. The summed E-state index contributed by atoms with van der Waals surface area (Å²) in [6.07, 6.45) is 2.89. The van der Waals surface area contributed by atoms with Crippen molar-refractivity contribution in [3.63, 3.8) is 0 Å². The van der Waals surface area contributed by atoms with Crippen molar-refractivity contribution in [2.75, 3.05) is 19.6 Å². The zero-order chi connectivity index (χ0) is 24.1. The van der Waals surface area contributed by atoms with Crippen LogP contribution in [0.5, 0.6) is 0 Å². The first-order valence-electron chi connectivity index (χ1n) is 11.1. The molecule has 2 aromatic rings. The largest absolute Gasteiger partial charge is 0.444 e. The molecule has 0 aliphatic carbocycles. The van der Waals surface area contributed by atoms with Crippen LogP contribution in [0, 0.1) is 0 Å². The number of likely N-dealkylation sites (N-methyl/N-ethyl adjacent to an activating group) is 1. The normalized spacial score (nSPS) is 23.6. The number of carbonyl (C=O) groups excluding carboxylic acids is 1. The van der Waals surface area contributed by atoms with Crippen LogP contribution in [-0.2, 0) is 21.6 Å². The molecule has 4 rings (SSSR count). The minimum atomic E-state index is -3.85. The summed E-state index contributed by atoms with van der Waals surface area (Å²) in [7, 11) is -2.03. The second-order valence-electron chi connectivity index (χ2n) is 9.55. The molecule has 0 radical (unpaired) electrons. The van der Waals surface area contributed by atoms with E-state index in [1.807, 2.05) is 29.8 Å². The number of rotatable bonds is 4. The minimum Gasteiger partial charge on any atom is -0.444 e. The van der Waals surface area contributed by atoms with E-state index in [9.17, 15) is 13.2 Å². The highest BCUT2D eigenvalue weighted by atomic mass is 32.2. The first-order chi connectivity index (χ1) is 15.4. The van der Waals surface area contributed by atoms with E-state index < -0.39 is 26.8 Å². The van der Waals surface area contributed by atoms with Crippen molar-refractivity contribution in [1.29, 1.82) is 0 Å². The fraction of sp³-hybridized carbons (Fsp3) is 0.667. The average molecular weight is 478 g/mol. The quantitative estimate of drug-likeness (QED) is 0.612. The van der Waals surface area contributed by atoms with Crippen LogP contribution in [-0.4, -0.2) is 86.7 Å². The molecule has 2 unspecified atom stereocenters. The van der Waals surface area contributed by atoms with Crippen molar-refractivity contribution in [3.05, 3.63) is 12.2 Å². The molecule has 0 N–H and O–H groups in total. The lowest BCUT2D eigenvalue weighted by Crippen LogP contribution is -2.36. The summed E-state index contributed by atoms with van der Waals surface area (Å²) in [5, 5.41) is 5.53. The number of ether oxygens (including phenoxy) is 1. The van der Waals surface area contributed by atoms with E-state index in [1.165, 1.54) is 11.2 Å². The first kappa shape index (κ1) is 23.4. The van der Waals surface area contributed by atoms with Gasteiger partial charge in [-0.1, -0.05) is 0 Å². The number of hydrogen-bond acceptors (Lipinski definition) is 9. The van der Waals surface area contributed by atoms with E-state index in [-0.39, 0.29) is 29.0 Å². The predicted molar refractivity (Wildman–Crippen MR) is 123 cm³/mol. The number of imidazole rings is 1. The fourth-order valence-corrected chi connectivity index (χ4v) is 6.07. The minimum absolute atomic E-state index is 0.0558. The van der Waals surface area contributed by atoms with E-state index in [4.69, 9.17) is 4.74 Å². The Balaban J connectivity index is 1.65. The van der Waals surface area contributed by atoms with Gasteiger partial charge in [-0.15, -0.1) is 0 Å². The van der Waals surface area contributed by atoms with Gasteiger partial charge in [-0.05, 0) is 41.0 Å². The van der Waals surface area contributed by atoms with Gasteiger partial charge in [0, 0.05) is 32.9 Å². The molecule has 1 saturated heterocycles. The fourth-order valence-electron chi connectivity index (χ4n) is 4.36. The first-order valence-corrected chi connectivity index (χ1v) is 12.7. The number of aryl methyl sites for hydroxylation is 1. The molecule has 33 heavy (non-hydrogen) atoms. The molecule has 0 spiro atoms. The zero-order valence-electron chi connectivity index (χ0n) is 19.9. The van der Waals surface area contributed by atoms with Gasteiger partial charge >= 0.3 is 6.09 Å². The third kappa shape index (κ3) is 4.16. The van der Waals surface area contributed by atoms with Crippen molar-refractivity contribution < 1.29 is 17.9 Å². The summed E-state index contributed by atoms with van der Waals surface area (Å²) >= 11 is 0. The molecule has 2 aliphatic rings. The number of hydrazone groups is 1. The molecule has 0 aromatic carbocycles. The van der Waals surface area contributed by atoms with E-state index in [0.29, 0.717) is 24.4 Å². The molecule has 11 nitrogen and oxygen atoms in total. The Morgan fingerprint density at radius 1 is 1.27 bits per heavy atom. The second-order valence-corrected chi connectivity index (χ2v) is 11.7. The van der Waals surface area contributed by atoms with Crippen LogP contribution in [0.3, 0.4) is 0 Å². The molecular formula is C21H31N7O4S. The molecule has 0 saturated carbocycles. The standard InChI is InChI=1S/C21H31N7O4S/c1-7-28-13(2)15(10-24-28)17-25-16-18(26(17)6)22-12-23-19(16)33(30,31)14-8-9-27(11-14)20(29)32-21(3,4)5/h10,12-15H,7-9,11H2,1-6H3/t13?,14-,15?/m0/s1. The lowest BCUT2D eigenvalue weighted by molar-refractivity contribution is 0.0295. The van der Waals surface area contributed by atoms with Crippen LogP contribution < -0.4 is 0 Å². The van der Waals surface area contributed by atoms with Crippen LogP contribution in [0.1, 0.15) is 52.8 Å². The summed E-state index contributed by atoms with van der Waals surface area (Å²) < 4.78 is 34.3. The number of sulfone groups is 1. The van der Waals surface area contributed by atoms with Crippen LogP contribution in [0.4, 0.5) is 4.79 Å². The molecule has 3 atom stereocenters. The SMILES string of the molecule is CCN1N=CC(c2nc3c(S(=O)(=O)[C@H]4CCN(C(=O)OC(C)(C)C)C4)ncnc3n2C)C1C. The Bertz CT molecular complexity index is 1200. The van der Waals surface area contributed by atoms with Gasteiger partial charge in [-0.2, -0.15) is 5.10 Å². The van der Waals surface area contributed by atoms with Gasteiger partial charge in [0.2, 0.25) is 9.84 Å². The lowest BCUT2D eigenvalue weighted by atomic mass is 10.0. The number of amides is 1. The van der Waals surface area contributed by atoms with Crippen molar-refractivity contribution >= 4 is 33.3 Å². The van der Waals surface area contributed by atoms with E-state index >= 15 is 0 Å². The molecule has 2 aromatic heterocycles. The number of nitrogens with zero attached hydrogens (tertiary/aromatic N) is 7. The van der Waals surface area contributed by atoms with Crippen LogP contribution in [0.2, 0.25) is 0 Å². The van der Waals surface area contributed by atoms with Crippen molar-refractivity contribution in [2.24, 2.45) is 12.1 Å². The highest BCUT2D eigenvalue weighted by Gasteiger charge is 2.40. The third-order valence-corrected chi connectivity index (χ3v) is 8.25. The van der Waals surface area contributed by atoms with Crippen molar-refractivity contribution in [3.8, 4) is 0 Å². The summed E-state index contributed by atoms with van der Waals surface area (Å²) in [5.41, 5.74) is 0.0584. The van der Waals surface area contributed by atoms with E-state index in [0.717, 1.165) is 6.54 Å².